The summed E-state index contributed by atoms with van der Waals surface area (Å²) in [6.45, 7) is 0. The maximum Gasteiger partial charge on any atom is 0.225 e. The van der Waals surface area contributed by atoms with E-state index in [-0.39, 0.29) is 16.5 Å². The second-order valence-corrected chi connectivity index (χ2v) is 12.4. The number of thioether (sulfide) groups is 1. The third-order valence-corrected chi connectivity index (χ3v) is 10.6. The number of fused-ring (bicyclic) bond motifs is 13. The van der Waals surface area contributed by atoms with Crippen molar-refractivity contribution in [1.29, 1.82) is 0 Å². The first kappa shape index (κ1) is 21.3. The summed E-state index contributed by atoms with van der Waals surface area (Å²) in [5.74, 6) is 1.14. The highest BCUT2D eigenvalue weighted by Crippen LogP contribution is 2.64. The van der Waals surface area contributed by atoms with Gasteiger partial charge in [-0.15, -0.1) is 23.1 Å². The summed E-state index contributed by atoms with van der Waals surface area (Å²) in [7, 11) is 0. The molecule has 4 aromatic carbocycles. The summed E-state index contributed by atoms with van der Waals surface area (Å²) >= 11 is 10.4. The molecular weight excluding hydrogens is 526 g/mol. The zero-order chi connectivity index (χ0) is 25.0. The van der Waals surface area contributed by atoms with Crippen LogP contribution < -0.4 is 0 Å². The zero-order valence-electron chi connectivity index (χ0n) is 19.9. The van der Waals surface area contributed by atoms with Gasteiger partial charge in [-0.3, -0.25) is 4.57 Å². The predicted molar refractivity (Wildman–Crippen MR) is 159 cm³/mol. The fourth-order valence-corrected chi connectivity index (χ4v) is 9.31. The molecule has 0 radical (unpaired) electrons. The molecule has 1 aliphatic heterocycles. The van der Waals surface area contributed by atoms with Crippen LogP contribution >= 0.6 is 34.7 Å². The van der Waals surface area contributed by atoms with Gasteiger partial charge in [0.15, 0.2) is 5.82 Å². The van der Waals surface area contributed by atoms with Gasteiger partial charge in [0.05, 0.1) is 21.0 Å². The van der Waals surface area contributed by atoms with Gasteiger partial charge in [-0.25, -0.2) is 4.98 Å². The normalized spacial score (nSPS) is 17.5. The van der Waals surface area contributed by atoms with Gasteiger partial charge in [-0.2, -0.15) is 4.98 Å². The second-order valence-electron chi connectivity index (χ2n) is 9.85. The Hall–Kier alpha value is -3.64. The molecule has 2 atom stereocenters. The van der Waals surface area contributed by atoms with Crippen LogP contribution in [0.4, 0.5) is 0 Å². The van der Waals surface area contributed by atoms with Crippen LogP contribution in [0, 0.1) is 0 Å². The highest BCUT2D eigenvalue weighted by Gasteiger charge is 2.44. The Morgan fingerprint density at radius 1 is 0.737 bits per heavy atom. The molecule has 0 amide bonds. The van der Waals surface area contributed by atoms with Crippen LogP contribution in [0.3, 0.4) is 0 Å². The van der Waals surface area contributed by atoms with E-state index < -0.39 is 0 Å². The average Bonchev–Trinajstić information content (AvgIpc) is 3.63. The van der Waals surface area contributed by atoms with E-state index in [9.17, 15) is 0 Å². The fourth-order valence-electron chi connectivity index (χ4n) is 6.49. The van der Waals surface area contributed by atoms with E-state index in [4.69, 9.17) is 21.6 Å². The number of halogens is 1. The van der Waals surface area contributed by atoms with Crippen molar-refractivity contribution in [3.8, 4) is 16.9 Å². The van der Waals surface area contributed by atoms with E-state index >= 15 is 0 Å². The van der Waals surface area contributed by atoms with Gasteiger partial charge < -0.3 is 0 Å². The fraction of sp³-hybridized carbons (Fsp3) is 0.0625. The Morgan fingerprint density at radius 3 is 2.39 bits per heavy atom. The maximum absolute atomic E-state index is 6.66. The Kier molecular flexibility index (Phi) is 4.32. The second kappa shape index (κ2) is 7.70. The smallest absolute Gasteiger partial charge is 0.225 e. The summed E-state index contributed by atoms with van der Waals surface area (Å²) in [6.07, 6.45) is 0. The third-order valence-electron chi connectivity index (χ3n) is 7.94. The summed E-state index contributed by atoms with van der Waals surface area (Å²) in [4.78, 5) is 11.0. The van der Waals surface area contributed by atoms with Crippen LogP contribution in [0.2, 0.25) is 5.28 Å². The van der Waals surface area contributed by atoms with Crippen LogP contribution in [0.1, 0.15) is 28.0 Å². The molecule has 0 saturated carbocycles. The molecule has 2 unspecified atom stereocenters. The van der Waals surface area contributed by atoms with E-state index in [1.807, 2.05) is 11.8 Å². The van der Waals surface area contributed by atoms with Gasteiger partial charge >= 0.3 is 0 Å². The van der Waals surface area contributed by atoms with E-state index in [0.29, 0.717) is 0 Å². The lowest BCUT2D eigenvalue weighted by molar-refractivity contribution is 0.747. The van der Waals surface area contributed by atoms with Crippen molar-refractivity contribution in [3.05, 3.63) is 119 Å². The van der Waals surface area contributed by atoms with E-state index in [1.54, 1.807) is 11.3 Å². The molecule has 2 aliphatic rings. The molecule has 3 aromatic heterocycles. The van der Waals surface area contributed by atoms with Crippen molar-refractivity contribution >= 4 is 65.9 Å². The summed E-state index contributed by atoms with van der Waals surface area (Å²) in [6, 6.07) is 35.0. The van der Waals surface area contributed by atoms with Crippen molar-refractivity contribution in [2.45, 2.75) is 16.1 Å². The number of aromatic nitrogens is 3. The molecule has 0 N–H and O–H groups in total. The molecule has 0 bridgehead atoms. The predicted octanol–water partition coefficient (Wildman–Crippen LogP) is 9.40. The number of benzene rings is 4. The molecule has 9 rings (SSSR count). The quantitative estimate of drug-likeness (QED) is 0.193. The number of hydrogen-bond acceptors (Lipinski definition) is 4. The highest BCUT2D eigenvalue weighted by molar-refractivity contribution is 8.00. The summed E-state index contributed by atoms with van der Waals surface area (Å²) < 4.78 is 4.65. The van der Waals surface area contributed by atoms with Crippen LogP contribution in [0.15, 0.2) is 102 Å². The standard InChI is InChI=1S/C32H18ClN3S2/c33-32-34-27-21-13-5-8-16-24(21)38-30(27)31(35-32)36-22-14-6-3-11-19(22)25-17-9-1-2-10-18(17)26-20-12-4-7-15-23(20)37-29(26)28(25)36/h1-16,26,29H. The first-order chi connectivity index (χ1) is 18.8. The Labute approximate surface area is 231 Å². The monoisotopic (exact) mass is 543 g/mol. The molecule has 180 valence electrons. The van der Waals surface area contributed by atoms with Gasteiger partial charge in [0.25, 0.3) is 0 Å². The lowest BCUT2D eigenvalue weighted by Crippen LogP contribution is -2.16. The third kappa shape index (κ3) is 2.71. The minimum absolute atomic E-state index is 0.225. The molecule has 4 heterocycles. The first-order valence-electron chi connectivity index (χ1n) is 12.6. The molecule has 0 spiro atoms. The molecule has 3 nitrogen and oxygen atoms in total. The number of thiophene rings is 1. The van der Waals surface area contributed by atoms with E-state index in [2.05, 4.69) is 102 Å². The van der Waals surface area contributed by atoms with Crippen molar-refractivity contribution in [2.75, 3.05) is 0 Å². The average molecular weight is 544 g/mol. The molecule has 38 heavy (non-hydrogen) atoms. The molecule has 1 aliphatic carbocycles. The number of nitrogens with zero attached hydrogens (tertiary/aromatic N) is 3. The molecule has 0 fully saturated rings. The van der Waals surface area contributed by atoms with Crippen molar-refractivity contribution in [3.63, 3.8) is 0 Å². The Balaban J connectivity index is 1.46. The van der Waals surface area contributed by atoms with Gasteiger partial charge in [0, 0.05) is 37.5 Å². The van der Waals surface area contributed by atoms with Crippen molar-refractivity contribution < 1.29 is 0 Å². The van der Waals surface area contributed by atoms with Gasteiger partial charge in [-0.1, -0.05) is 78.9 Å². The number of hydrogen-bond donors (Lipinski definition) is 0. The van der Waals surface area contributed by atoms with E-state index in [1.165, 1.54) is 42.9 Å². The van der Waals surface area contributed by atoms with Crippen molar-refractivity contribution in [2.24, 2.45) is 0 Å². The minimum atomic E-state index is 0.225. The summed E-state index contributed by atoms with van der Waals surface area (Å²) in [5, 5.41) is 2.86. The molecule has 0 saturated heterocycles. The highest BCUT2D eigenvalue weighted by atomic mass is 35.5. The lowest BCUT2D eigenvalue weighted by atomic mass is 9.77. The van der Waals surface area contributed by atoms with Gasteiger partial charge in [0.1, 0.15) is 0 Å². The largest absolute Gasteiger partial charge is 0.295 e. The number of para-hydroxylation sites is 1. The SMILES string of the molecule is Clc1nc(-n2c3c(c4ccccc42)-c2ccccc2C2c4ccccc4SC32)c2sc3ccccc3c2n1. The topological polar surface area (TPSA) is 30.7 Å². The molecule has 6 heteroatoms. The Bertz CT molecular complexity index is 2110. The van der Waals surface area contributed by atoms with Crippen LogP contribution in [0.5, 0.6) is 0 Å². The first-order valence-corrected chi connectivity index (χ1v) is 14.7. The van der Waals surface area contributed by atoms with Crippen LogP contribution in [-0.2, 0) is 0 Å². The van der Waals surface area contributed by atoms with E-state index in [0.717, 1.165) is 26.9 Å². The van der Waals surface area contributed by atoms with Crippen LogP contribution in [-0.4, -0.2) is 14.5 Å². The minimum Gasteiger partial charge on any atom is -0.295 e. The van der Waals surface area contributed by atoms with Crippen LogP contribution in [0.25, 0.3) is 48.2 Å². The number of rotatable bonds is 1. The lowest BCUT2D eigenvalue weighted by Gasteiger charge is -2.30. The Morgan fingerprint density at radius 2 is 1.47 bits per heavy atom. The van der Waals surface area contributed by atoms with Gasteiger partial charge in [-0.05, 0) is 46.5 Å². The summed E-state index contributed by atoms with van der Waals surface area (Å²) in [5.41, 5.74) is 8.79. The maximum atomic E-state index is 6.66. The zero-order valence-corrected chi connectivity index (χ0v) is 22.3. The molecule has 7 aromatic rings. The van der Waals surface area contributed by atoms with Crippen molar-refractivity contribution in [1.82, 2.24) is 14.5 Å². The molecular formula is C32H18ClN3S2. The van der Waals surface area contributed by atoms with Gasteiger partial charge in [0.2, 0.25) is 5.28 Å².